The normalized spacial score (nSPS) is 21.2. The molecule has 24 heavy (non-hydrogen) atoms. The Morgan fingerprint density at radius 1 is 1.38 bits per heavy atom. The topological polar surface area (TPSA) is 61.8 Å². The molecule has 1 aliphatic heterocycles. The van der Waals surface area contributed by atoms with Gasteiger partial charge in [0.1, 0.15) is 5.82 Å². The van der Waals surface area contributed by atoms with Gasteiger partial charge in [-0.05, 0) is 37.3 Å². The van der Waals surface area contributed by atoms with E-state index in [9.17, 15) is 0 Å². The van der Waals surface area contributed by atoms with Crippen LogP contribution in [0.25, 0.3) is 0 Å². The number of rotatable bonds is 5. The lowest BCUT2D eigenvalue weighted by Gasteiger charge is -2.32. The van der Waals surface area contributed by atoms with Crippen molar-refractivity contribution in [3.63, 3.8) is 0 Å². The molecule has 1 aliphatic carbocycles. The number of aliphatic imine (C=N–C) groups is 1. The number of hydrogen-bond acceptors (Lipinski definition) is 4. The zero-order chi connectivity index (χ0) is 16.1. The summed E-state index contributed by atoms with van der Waals surface area (Å²) in [6.07, 6.45) is 4.90. The fraction of sp³-hybridized carbons (Fsp3) is 0.647. The molecular weight excluding hydrogens is 417 g/mol. The third-order valence-corrected chi connectivity index (χ3v) is 4.31. The van der Waals surface area contributed by atoms with Crippen molar-refractivity contribution in [2.45, 2.75) is 32.4 Å². The number of pyridine rings is 1. The monoisotopic (exact) mass is 445 g/mol. The number of hydrogen-bond donors (Lipinski definition) is 2. The second-order valence-corrected chi connectivity index (χ2v) is 6.40. The fourth-order valence-corrected chi connectivity index (χ4v) is 2.70. The molecule has 1 unspecified atom stereocenters. The first-order chi connectivity index (χ1) is 11.2. The third kappa shape index (κ3) is 5.77. The average Bonchev–Trinajstić information content (AvgIpc) is 3.40. The minimum Gasteiger partial charge on any atom is -0.375 e. The molecule has 0 bridgehead atoms. The molecule has 0 radical (unpaired) electrons. The van der Waals surface area contributed by atoms with Crippen LogP contribution in [0.15, 0.2) is 23.3 Å². The van der Waals surface area contributed by atoms with Crippen LogP contribution in [0.1, 0.15) is 25.3 Å². The predicted octanol–water partition coefficient (Wildman–Crippen LogP) is 2.00. The van der Waals surface area contributed by atoms with Gasteiger partial charge >= 0.3 is 0 Å². The predicted molar refractivity (Wildman–Crippen MR) is 108 cm³/mol. The molecule has 0 amide bonds. The molecule has 1 atom stereocenters. The fourth-order valence-electron chi connectivity index (χ4n) is 2.70. The van der Waals surface area contributed by atoms with E-state index in [1.807, 2.05) is 13.2 Å². The molecule has 2 heterocycles. The Hall–Kier alpha value is -1.09. The van der Waals surface area contributed by atoms with Crippen LogP contribution in [-0.4, -0.2) is 50.3 Å². The van der Waals surface area contributed by atoms with Gasteiger partial charge in [-0.2, -0.15) is 0 Å². The average molecular weight is 445 g/mol. The van der Waals surface area contributed by atoms with E-state index >= 15 is 0 Å². The molecule has 2 aliphatic rings. The Labute approximate surface area is 161 Å². The summed E-state index contributed by atoms with van der Waals surface area (Å²) < 4.78 is 5.58. The van der Waals surface area contributed by atoms with Crippen LogP contribution < -0.4 is 15.5 Å². The van der Waals surface area contributed by atoms with Crippen LogP contribution in [0.2, 0.25) is 0 Å². The molecule has 6 nitrogen and oxygen atoms in total. The zero-order valence-corrected chi connectivity index (χ0v) is 16.8. The van der Waals surface area contributed by atoms with E-state index in [1.165, 1.54) is 12.8 Å². The number of aromatic nitrogens is 1. The van der Waals surface area contributed by atoms with Crippen molar-refractivity contribution in [3.8, 4) is 0 Å². The van der Waals surface area contributed by atoms with Crippen molar-refractivity contribution in [2.24, 2.45) is 10.9 Å². The van der Waals surface area contributed by atoms with E-state index < -0.39 is 0 Å². The van der Waals surface area contributed by atoms with Gasteiger partial charge in [-0.3, -0.25) is 4.99 Å². The Morgan fingerprint density at radius 3 is 2.83 bits per heavy atom. The van der Waals surface area contributed by atoms with Gasteiger partial charge in [0.2, 0.25) is 0 Å². The summed E-state index contributed by atoms with van der Waals surface area (Å²) in [5.41, 5.74) is 1.16. The SMILES string of the molecule is CN=C(NCc1ccc(N2CCOC(C)C2)nc1)NCC1CC1.I. The largest absolute Gasteiger partial charge is 0.375 e. The Morgan fingerprint density at radius 2 is 2.21 bits per heavy atom. The maximum atomic E-state index is 5.58. The van der Waals surface area contributed by atoms with Gasteiger partial charge < -0.3 is 20.3 Å². The summed E-state index contributed by atoms with van der Waals surface area (Å²) in [5, 5.41) is 6.71. The Balaban J connectivity index is 0.00000208. The number of morpholine rings is 1. The second kappa shape index (κ2) is 9.41. The molecule has 0 spiro atoms. The molecule has 1 aromatic rings. The lowest BCUT2D eigenvalue weighted by molar-refractivity contribution is 0.0529. The number of ether oxygens (including phenoxy) is 1. The minimum atomic E-state index is 0. The molecule has 0 aromatic carbocycles. The second-order valence-electron chi connectivity index (χ2n) is 6.40. The molecule has 1 saturated heterocycles. The van der Waals surface area contributed by atoms with Crippen LogP contribution in [0.4, 0.5) is 5.82 Å². The number of nitrogens with zero attached hydrogens (tertiary/aromatic N) is 3. The molecule has 2 N–H and O–H groups in total. The van der Waals surface area contributed by atoms with E-state index in [0.29, 0.717) is 0 Å². The smallest absolute Gasteiger partial charge is 0.191 e. The Kier molecular flexibility index (Phi) is 7.54. The molecule has 1 aromatic heterocycles. The van der Waals surface area contributed by atoms with Gasteiger partial charge in [-0.1, -0.05) is 6.07 Å². The van der Waals surface area contributed by atoms with E-state index in [2.05, 4.69) is 44.6 Å². The van der Waals surface area contributed by atoms with Crippen LogP contribution >= 0.6 is 24.0 Å². The van der Waals surface area contributed by atoms with Gasteiger partial charge in [-0.15, -0.1) is 24.0 Å². The van der Waals surface area contributed by atoms with E-state index in [0.717, 1.165) is 56.0 Å². The highest BCUT2D eigenvalue weighted by atomic mass is 127. The number of nitrogens with one attached hydrogen (secondary N) is 2. The van der Waals surface area contributed by atoms with Crippen LogP contribution in [-0.2, 0) is 11.3 Å². The lowest BCUT2D eigenvalue weighted by atomic mass is 10.2. The van der Waals surface area contributed by atoms with Crippen LogP contribution in [0, 0.1) is 5.92 Å². The first-order valence-electron chi connectivity index (χ1n) is 8.50. The van der Waals surface area contributed by atoms with Crippen LogP contribution in [0.3, 0.4) is 0 Å². The number of guanidine groups is 1. The minimum absolute atomic E-state index is 0. The van der Waals surface area contributed by atoms with Crippen molar-refractivity contribution in [1.29, 1.82) is 0 Å². The highest BCUT2D eigenvalue weighted by molar-refractivity contribution is 14.0. The van der Waals surface area contributed by atoms with E-state index in [-0.39, 0.29) is 30.1 Å². The van der Waals surface area contributed by atoms with Crippen molar-refractivity contribution in [1.82, 2.24) is 15.6 Å². The number of halogens is 1. The molecule has 2 fully saturated rings. The van der Waals surface area contributed by atoms with Crippen molar-refractivity contribution >= 4 is 35.8 Å². The molecular formula is C17H28IN5O. The highest BCUT2D eigenvalue weighted by Crippen LogP contribution is 2.27. The first-order valence-corrected chi connectivity index (χ1v) is 8.50. The molecule has 3 rings (SSSR count). The maximum absolute atomic E-state index is 5.58. The van der Waals surface area contributed by atoms with Crippen LogP contribution in [0.5, 0.6) is 0 Å². The first kappa shape index (κ1) is 19.2. The quantitative estimate of drug-likeness (QED) is 0.413. The van der Waals surface area contributed by atoms with Gasteiger partial charge in [-0.25, -0.2) is 4.98 Å². The highest BCUT2D eigenvalue weighted by Gasteiger charge is 2.21. The summed E-state index contributed by atoms with van der Waals surface area (Å²) in [6.45, 7) is 6.44. The molecule has 7 heteroatoms. The lowest BCUT2D eigenvalue weighted by Crippen LogP contribution is -2.41. The van der Waals surface area contributed by atoms with Crippen molar-refractivity contribution < 1.29 is 4.74 Å². The van der Waals surface area contributed by atoms with Gasteiger partial charge in [0.05, 0.1) is 12.7 Å². The van der Waals surface area contributed by atoms with E-state index in [1.54, 1.807) is 0 Å². The zero-order valence-electron chi connectivity index (χ0n) is 14.5. The summed E-state index contributed by atoms with van der Waals surface area (Å²) >= 11 is 0. The molecule has 134 valence electrons. The van der Waals surface area contributed by atoms with Gasteiger partial charge in [0.15, 0.2) is 5.96 Å². The third-order valence-electron chi connectivity index (χ3n) is 4.31. The number of anilines is 1. The summed E-state index contributed by atoms with van der Waals surface area (Å²) in [5.74, 6) is 2.73. The van der Waals surface area contributed by atoms with E-state index in [4.69, 9.17) is 4.74 Å². The standard InChI is InChI=1S/C17H27N5O.HI/c1-13-12-22(7-8-23-13)16-6-5-15(10-19-16)11-21-17(18-2)20-9-14-3-4-14;/h5-6,10,13-14H,3-4,7-9,11-12H2,1-2H3,(H2,18,20,21);1H. The Bertz CT molecular complexity index is 532. The van der Waals surface area contributed by atoms with Gasteiger partial charge in [0.25, 0.3) is 0 Å². The maximum Gasteiger partial charge on any atom is 0.191 e. The summed E-state index contributed by atoms with van der Waals surface area (Å²) in [4.78, 5) is 11.1. The van der Waals surface area contributed by atoms with Crippen molar-refractivity contribution in [2.75, 3.05) is 38.2 Å². The summed E-state index contributed by atoms with van der Waals surface area (Å²) in [6, 6.07) is 4.22. The van der Waals surface area contributed by atoms with Crippen molar-refractivity contribution in [3.05, 3.63) is 23.9 Å². The van der Waals surface area contributed by atoms with Gasteiger partial charge in [0, 0.05) is 39.4 Å². The molecule has 1 saturated carbocycles. The summed E-state index contributed by atoms with van der Waals surface area (Å²) in [7, 11) is 1.81.